The van der Waals surface area contributed by atoms with E-state index < -0.39 is 6.16 Å². The summed E-state index contributed by atoms with van der Waals surface area (Å²) in [6, 6.07) is 3.90. The van der Waals surface area contributed by atoms with Gasteiger partial charge in [0.15, 0.2) is 5.78 Å². The van der Waals surface area contributed by atoms with Crippen LogP contribution in [0.15, 0.2) is 17.9 Å². The smallest absolute Gasteiger partial charge is 0.437 e. The average molecular weight is 466 g/mol. The van der Waals surface area contributed by atoms with Crippen LogP contribution in [0.25, 0.3) is 5.57 Å². The summed E-state index contributed by atoms with van der Waals surface area (Å²) < 4.78 is 15.5. The van der Waals surface area contributed by atoms with Crippen LogP contribution in [0.3, 0.4) is 0 Å². The topological polar surface area (TPSA) is 82.1 Å². The Morgan fingerprint density at radius 2 is 1.76 bits per heavy atom. The van der Waals surface area contributed by atoms with Gasteiger partial charge in [0, 0.05) is 31.5 Å². The lowest BCUT2D eigenvalue weighted by molar-refractivity contribution is -0.152. The molecule has 2 fully saturated rings. The third kappa shape index (κ3) is 4.60. The summed E-state index contributed by atoms with van der Waals surface area (Å²) in [6.45, 7) is 7.83. The number of carbonyl (C=O) groups excluding carboxylic acids is 3. The van der Waals surface area contributed by atoms with E-state index in [1.807, 2.05) is 30.9 Å². The number of nitrogens with zero attached hydrogens (tertiary/aromatic N) is 1. The number of piperidine rings is 1. The van der Waals surface area contributed by atoms with Crippen LogP contribution in [-0.4, -0.2) is 56.2 Å². The minimum Gasteiger partial charge on any atom is -0.437 e. The fourth-order valence-electron chi connectivity index (χ4n) is 5.35. The highest BCUT2D eigenvalue weighted by molar-refractivity contribution is 6.23. The molecule has 1 spiro atoms. The fourth-order valence-corrected chi connectivity index (χ4v) is 5.35. The van der Waals surface area contributed by atoms with Crippen molar-refractivity contribution in [1.82, 2.24) is 4.90 Å². The summed E-state index contributed by atoms with van der Waals surface area (Å²) in [6.07, 6.45) is 1.34. The molecular weight excluding hydrogens is 434 g/mol. The Hall–Kier alpha value is -3.11. The minimum atomic E-state index is -0.835. The van der Waals surface area contributed by atoms with Gasteiger partial charge in [-0.05, 0) is 67.9 Å². The van der Waals surface area contributed by atoms with Crippen LogP contribution < -0.4 is 0 Å². The maximum absolute atomic E-state index is 13.6. The molecule has 2 saturated heterocycles. The number of aryl methyl sites for hydroxylation is 2. The highest BCUT2D eigenvalue weighted by Gasteiger charge is 2.45. The fraction of sp³-hybridized carbons (Fsp3) is 0.519. The number of rotatable bonds is 3. The van der Waals surface area contributed by atoms with Gasteiger partial charge in [0.25, 0.3) is 0 Å². The molecular formula is C27H31NO6. The number of methoxy groups -OCH3 is 1. The standard InChI is InChI=1S/C27H31NO6/c1-5-6-19-11-17(2)23(18(3)12-19)24-21(29)13-27(14-22(24)34-26(31)32-4)7-9-28(10-8-27)25(30)20-15-33-16-20/h11-12,20H,7-10,13-16H2,1-4H3. The van der Waals surface area contributed by atoms with Crippen molar-refractivity contribution in [2.24, 2.45) is 11.3 Å². The molecule has 1 aliphatic carbocycles. The first-order valence-corrected chi connectivity index (χ1v) is 11.7. The van der Waals surface area contributed by atoms with E-state index in [1.165, 1.54) is 7.11 Å². The minimum absolute atomic E-state index is 0.0434. The lowest BCUT2D eigenvalue weighted by Crippen LogP contribution is -2.50. The van der Waals surface area contributed by atoms with E-state index in [1.54, 1.807) is 6.92 Å². The maximum atomic E-state index is 13.6. The number of likely N-dealkylation sites (tertiary alicyclic amines) is 1. The van der Waals surface area contributed by atoms with Gasteiger partial charge in [-0.3, -0.25) is 9.59 Å². The zero-order valence-corrected chi connectivity index (χ0v) is 20.3. The van der Waals surface area contributed by atoms with Crippen molar-refractivity contribution in [2.45, 2.75) is 46.5 Å². The van der Waals surface area contributed by atoms with Crippen molar-refractivity contribution < 1.29 is 28.6 Å². The normalized spacial score (nSPS) is 19.9. The number of hydrogen-bond acceptors (Lipinski definition) is 6. The molecule has 1 amide bonds. The quantitative estimate of drug-likeness (QED) is 0.499. The van der Waals surface area contributed by atoms with E-state index >= 15 is 0 Å². The molecule has 1 aromatic carbocycles. The van der Waals surface area contributed by atoms with Crippen LogP contribution in [0, 0.1) is 37.0 Å². The Morgan fingerprint density at radius 3 is 2.29 bits per heavy atom. The Kier molecular flexibility index (Phi) is 6.81. The molecule has 3 aliphatic rings. The molecule has 0 bridgehead atoms. The van der Waals surface area contributed by atoms with Gasteiger partial charge in [0.2, 0.25) is 5.91 Å². The summed E-state index contributed by atoms with van der Waals surface area (Å²) in [5.74, 6) is 6.37. The predicted octanol–water partition coefficient (Wildman–Crippen LogP) is 3.79. The van der Waals surface area contributed by atoms with Crippen molar-refractivity contribution in [1.29, 1.82) is 0 Å². The first-order valence-electron chi connectivity index (χ1n) is 11.7. The summed E-state index contributed by atoms with van der Waals surface area (Å²) in [5, 5.41) is 0. The van der Waals surface area contributed by atoms with Gasteiger partial charge in [-0.2, -0.15) is 0 Å². The van der Waals surface area contributed by atoms with Crippen LogP contribution >= 0.6 is 0 Å². The van der Waals surface area contributed by atoms with Crippen molar-refractivity contribution in [3.8, 4) is 11.8 Å². The van der Waals surface area contributed by atoms with Crippen molar-refractivity contribution in [3.05, 3.63) is 40.1 Å². The zero-order chi connectivity index (χ0) is 24.5. The Morgan fingerprint density at radius 1 is 1.12 bits per heavy atom. The summed E-state index contributed by atoms with van der Waals surface area (Å²) in [5.41, 5.74) is 3.60. The molecule has 7 nitrogen and oxygen atoms in total. The predicted molar refractivity (Wildman–Crippen MR) is 126 cm³/mol. The summed E-state index contributed by atoms with van der Waals surface area (Å²) in [7, 11) is 1.26. The van der Waals surface area contributed by atoms with E-state index in [0.717, 1.165) is 22.3 Å². The second-order valence-corrected chi connectivity index (χ2v) is 9.55. The summed E-state index contributed by atoms with van der Waals surface area (Å²) >= 11 is 0. The van der Waals surface area contributed by atoms with Crippen molar-refractivity contribution in [2.75, 3.05) is 33.4 Å². The first-order chi connectivity index (χ1) is 16.3. The Bertz CT molecular complexity index is 1090. The molecule has 0 atom stereocenters. The highest BCUT2D eigenvalue weighted by atomic mass is 16.7. The van der Waals surface area contributed by atoms with Crippen LogP contribution in [0.2, 0.25) is 0 Å². The van der Waals surface area contributed by atoms with Crippen LogP contribution in [-0.2, 0) is 23.8 Å². The number of amides is 1. The largest absolute Gasteiger partial charge is 0.513 e. The maximum Gasteiger partial charge on any atom is 0.513 e. The monoisotopic (exact) mass is 465 g/mol. The molecule has 34 heavy (non-hydrogen) atoms. The van der Waals surface area contributed by atoms with Crippen LogP contribution in [0.5, 0.6) is 0 Å². The van der Waals surface area contributed by atoms with Crippen LogP contribution in [0.4, 0.5) is 4.79 Å². The molecule has 0 aromatic heterocycles. The first kappa shape index (κ1) is 24.0. The SMILES string of the molecule is CC#Cc1cc(C)c(C2=C(OC(=O)OC)CC3(CCN(C(=O)C4COC4)CC3)CC2=O)c(C)c1. The molecule has 180 valence electrons. The Balaban J connectivity index is 1.66. The molecule has 0 N–H and O–H groups in total. The number of hydrogen-bond donors (Lipinski definition) is 0. The second-order valence-electron chi connectivity index (χ2n) is 9.55. The van der Waals surface area contributed by atoms with Crippen molar-refractivity contribution >= 4 is 23.4 Å². The lowest BCUT2D eigenvalue weighted by Gasteiger charge is -2.45. The van der Waals surface area contributed by atoms with Gasteiger partial charge < -0.3 is 19.1 Å². The number of Topliss-reactive ketones (excluding diaryl/α,β-unsaturated/α-hetero) is 1. The number of ketones is 1. The number of allylic oxidation sites excluding steroid dienone is 2. The number of benzene rings is 1. The van der Waals surface area contributed by atoms with Gasteiger partial charge in [-0.15, -0.1) is 5.92 Å². The second kappa shape index (κ2) is 9.63. The van der Waals surface area contributed by atoms with Crippen molar-refractivity contribution in [3.63, 3.8) is 0 Å². The molecule has 0 unspecified atom stereocenters. The van der Waals surface area contributed by atoms with E-state index in [4.69, 9.17) is 14.2 Å². The third-order valence-electron chi connectivity index (χ3n) is 7.18. The zero-order valence-electron chi connectivity index (χ0n) is 20.3. The third-order valence-corrected chi connectivity index (χ3v) is 7.18. The van der Waals surface area contributed by atoms with E-state index in [0.29, 0.717) is 63.3 Å². The van der Waals surface area contributed by atoms with Crippen LogP contribution in [0.1, 0.15) is 54.9 Å². The summed E-state index contributed by atoms with van der Waals surface area (Å²) in [4.78, 5) is 40.3. The van der Waals surface area contributed by atoms with Gasteiger partial charge in [0.1, 0.15) is 5.76 Å². The van der Waals surface area contributed by atoms with Gasteiger partial charge in [-0.1, -0.05) is 5.92 Å². The number of ether oxygens (including phenoxy) is 3. The molecule has 2 heterocycles. The Labute approximate surface area is 200 Å². The molecule has 7 heteroatoms. The van der Waals surface area contributed by atoms with Gasteiger partial charge >= 0.3 is 6.16 Å². The van der Waals surface area contributed by atoms with Gasteiger partial charge in [-0.25, -0.2) is 4.79 Å². The van der Waals surface area contributed by atoms with E-state index in [2.05, 4.69) is 11.8 Å². The molecule has 1 aromatic rings. The molecule has 0 saturated carbocycles. The van der Waals surface area contributed by atoms with E-state index in [9.17, 15) is 14.4 Å². The lowest BCUT2D eigenvalue weighted by atomic mass is 9.66. The van der Waals surface area contributed by atoms with Gasteiger partial charge in [0.05, 0.1) is 31.8 Å². The highest BCUT2D eigenvalue weighted by Crippen LogP contribution is 2.48. The average Bonchev–Trinajstić information content (AvgIpc) is 2.74. The molecule has 0 radical (unpaired) electrons. The molecule has 2 aliphatic heterocycles. The number of carbonyl (C=O) groups is 3. The molecule has 4 rings (SSSR count). The van der Waals surface area contributed by atoms with E-state index in [-0.39, 0.29) is 23.0 Å².